The normalized spacial score (nSPS) is 13.5. The van der Waals surface area contributed by atoms with Crippen molar-refractivity contribution >= 4 is 25.9 Å². The molecule has 0 aliphatic carbocycles. The van der Waals surface area contributed by atoms with Crippen molar-refractivity contribution in [1.82, 2.24) is 0 Å². The second-order valence-corrected chi connectivity index (χ2v) is 2.32. The monoisotopic (exact) mass is 126 g/mol. The molecule has 3 nitrogen and oxygen atoms in total. The molecule has 0 aliphatic rings. The van der Waals surface area contributed by atoms with Crippen LogP contribution in [0.1, 0.15) is 0 Å². The highest BCUT2D eigenvalue weighted by Gasteiger charge is 1.91. The number of halogens is 1. The van der Waals surface area contributed by atoms with Gasteiger partial charge in [0.05, 0.1) is 0 Å². The lowest BCUT2D eigenvalue weighted by atomic mass is 11.4. The van der Waals surface area contributed by atoms with E-state index in [1.54, 1.807) is 0 Å². The van der Waals surface area contributed by atoms with Gasteiger partial charge in [-0.05, 0) is 10.7 Å². The molecular formula is CH3ClN2OS. The van der Waals surface area contributed by atoms with Crippen LogP contribution in [0.3, 0.4) is 0 Å². The average molecular weight is 127 g/mol. The third-order valence-electron chi connectivity index (χ3n) is 0.173. The Kier molecular flexibility index (Phi) is 2.12. The van der Waals surface area contributed by atoms with Crippen molar-refractivity contribution in [2.24, 2.45) is 5.73 Å². The van der Waals surface area contributed by atoms with Crippen molar-refractivity contribution < 1.29 is 4.21 Å². The molecule has 0 bridgehead atoms. The first-order valence-corrected chi connectivity index (χ1v) is 3.04. The van der Waals surface area contributed by atoms with Crippen LogP contribution in [0.2, 0.25) is 0 Å². The Labute approximate surface area is 41.9 Å². The first-order valence-electron chi connectivity index (χ1n) is 1.06. The van der Waals surface area contributed by atoms with Crippen LogP contribution in [0, 0.1) is 5.41 Å². The van der Waals surface area contributed by atoms with E-state index in [1.165, 1.54) is 0 Å². The SMILES string of the molecule is N=C(N)S(=O)Cl. The summed E-state index contributed by atoms with van der Waals surface area (Å²) >= 11 is 0. The summed E-state index contributed by atoms with van der Waals surface area (Å²) in [4.78, 5) is 0. The molecular weight excluding hydrogens is 124 g/mol. The van der Waals surface area contributed by atoms with E-state index < -0.39 is 15.2 Å². The van der Waals surface area contributed by atoms with Crippen molar-refractivity contribution in [3.8, 4) is 0 Å². The molecule has 0 aromatic carbocycles. The summed E-state index contributed by atoms with van der Waals surface area (Å²) in [7, 11) is 2.95. The largest absolute Gasteiger partial charge is 0.376 e. The van der Waals surface area contributed by atoms with Gasteiger partial charge in [-0.3, -0.25) is 5.41 Å². The van der Waals surface area contributed by atoms with Gasteiger partial charge in [0.25, 0.3) is 0 Å². The zero-order chi connectivity index (χ0) is 5.15. The van der Waals surface area contributed by atoms with Crippen molar-refractivity contribution in [3.05, 3.63) is 0 Å². The van der Waals surface area contributed by atoms with Gasteiger partial charge in [-0.25, -0.2) is 4.21 Å². The lowest BCUT2D eigenvalue weighted by Gasteiger charge is -1.78. The zero-order valence-corrected chi connectivity index (χ0v) is 4.34. The number of hydrogen-bond acceptors (Lipinski definition) is 2. The van der Waals surface area contributed by atoms with E-state index in [-0.39, 0.29) is 0 Å². The Balaban J connectivity index is 3.57. The van der Waals surface area contributed by atoms with Gasteiger partial charge in [0.2, 0.25) is 0 Å². The Morgan fingerprint density at radius 2 is 2.17 bits per heavy atom. The van der Waals surface area contributed by atoms with E-state index in [2.05, 4.69) is 5.73 Å². The van der Waals surface area contributed by atoms with E-state index in [0.717, 1.165) is 0 Å². The minimum absolute atomic E-state index is 0.503. The molecule has 0 saturated carbocycles. The van der Waals surface area contributed by atoms with Gasteiger partial charge < -0.3 is 5.73 Å². The molecule has 0 rings (SSSR count). The molecule has 0 aromatic rings. The predicted octanol–water partition coefficient (Wildman–Crippen LogP) is -0.218. The third kappa shape index (κ3) is 2.17. The van der Waals surface area contributed by atoms with Gasteiger partial charge in [0.1, 0.15) is 0 Å². The molecule has 0 heterocycles. The lowest BCUT2D eigenvalue weighted by Crippen LogP contribution is -2.11. The minimum Gasteiger partial charge on any atom is -0.376 e. The molecule has 0 fully saturated rings. The second kappa shape index (κ2) is 2.15. The maximum Gasteiger partial charge on any atom is 0.198 e. The summed E-state index contributed by atoms with van der Waals surface area (Å²) in [5.41, 5.74) is 4.59. The standard InChI is InChI=1S/CH3ClN2OS/c2-6(5)1(3)4/h(H3,3,4). The maximum atomic E-state index is 9.67. The molecule has 36 valence electrons. The first-order chi connectivity index (χ1) is 2.64. The topological polar surface area (TPSA) is 66.9 Å². The van der Waals surface area contributed by atoms with Gasteiger partial charge in [0, 0.05) is 0 Å². The molecule has 0 aromatic heterocycles. The smallest absolute Gasteiger partial charge is 0.198 e. The highest BCUT2D eigenvalue weighted by Crippen LogP contribution is 1.81. The molecule has 6 heavy (non-hydrogen) atoms. The molecule has 3 N–H and O–H groups in total. The number of nitrogens with one attached hydrogen (secondary N) is 1. The summed E-state index contributed by atoms with van der Waals surface area (Å²) in [6.45, 7) is 0. The maximum absolute atomic E-state index is 9.67. The fraction of sp³-hybridized carbons (Fsp3) is 0. The fourth-order valence-electron chi connectivity index (χ4n) is 0. The van der Waals surface area contributed by atoms with Crippen LogP contribution < -0.4 is 5.73 Å². The highest BCUT2D eigenvalue weighted by molar-refractivity contribution is 8.20. The van der Waals surface area contributed by atoms with Crippen LogP contribution in [-0.2, 0) is 10.0 Å². The third-order valence-corrected chi connectivity index (χ3v) is 1.02. The fourth-order valence-corrected chi connectivity index (χ4v) is 0. The van der Waals surface area contributed by atoms with E-state index in [1.807, 2.05) is 0 Å². The number of nitrogens with two attached hydrogens (primary N) is 1. The zero-order valence-electron chi connectivity index (χ0n) is 2.77. The quantitative estimate of drug-likeness (QED) is 0.268. The van der Waals surface area contributed by atoms with Gasteiger partial charge in [-0.15, -0.1) is 0 Å². The molecule has 0 saturated heterocycles. The van der Waals surface area contributed by atoms with E-state index in [4.69, 9.17) is 16.1 Å². The molecule has 5 heteroatoms. The first kappa shape index (κ1) is 5.91. The Morgan fingerprint density at radius 1 is 2.00 bits per heavy atom. The van der Waals surface area contributed by atoms with Gasteiger partial charge >= 0.3 is 0 Å². The van der Waals surface area contributed by atoms with Crippen molar-refractivity contribution in [2.75, 3.05) is 0 Å². The minimum atomic E-state index is -1.78. The van der Waals surface area contributed by atoms with E-state index in [9.17, 15) is 4.21 Å². The summed E-state index contributed by atoms with van der Waals surface area (Å²) in [6.07, 6.45) is 0. The summed E-state index contributed by atoms with van der Waals surface area (Å²) in [6, 6.07) is 0. The van der Waals surface area contributed by atoms with Crippen molar-refractivity contribution in [3.63, 3.8) is 0 Å². The Bertz CT molecular complexity index is 79.5. The van der Waals surface area contributed by atoms with Crippen LogP contribution in [0.25, 0.3) is 0 Å². The molecule has 0 radical (unpaired) electrons. The number of amidine groups is 1. The highest BCUT2D eigenvalue weighted by atomic mass is 35.7. The summed E-state index contributed by atoms with van der Waals surface area (Å²) in [5, 5.41) is 5.79. The number of rotatable bonds is 0. The van der Waals surface area contributed by atoms with E-state index >= 15 is 0 Å². The van der Waals surface area contributed by atoms with Gasteiger partial charge in [0.15, 0.2) is 15.2 Å². The van der Waals surface area contributed by atoms with Crippen LogP contribution >= 0.6 is 10.7 Å². The van der Waals surface area contributed by atoms with Crippen molar-refractivity contribution in [1.29, 1.82) is 5.41 Å². The predicted molar refractivity (Wildman–Crippen MR) is 25.9 cm³/mol. The second-order valence-electron chi connectivity index (χ2n) is 0.588. The summed E-state index contributed by atoms with van der Waals surface area (Å²) in [5.74, 6) is 0. The van der Waals surface area contributed by atoms with E-state index in [0.29, 0.717) is 0 Å². The Morgan fingerprint density at radius 3 is 2.17 bits per heavy atom. The average Bonchev–Trinajstić information content (AvgIpc) is 1.36. The van der Waals surface area contributed by atoms with Crippen LogP contribution in [0.5, 0.6) is 0 Å². The summed E-state index contributed by atoms with van der Waals surface area (Å²) < 4.78 is 9.67. The Hall–Kier alpha value is -0.0900. The molecule has 1 unspecified atom stereocenters. The molecule has 0 spiro atoms. The lowest BCUT2D eigenvalue weighted by molar-refractivity contribution is 0.696. The molecule has 0 aliphatic heterocycles. The molecule has 1 atom stereocenters. The number of hydrogen-bond donors (Lipinski definition) is 2. The van der Waals surface area contributed by atoms with Crippen LogP contribution in [0.4, 0.5) is 0 Å². The van der Waals surface area contributed by atoms with Crippen molar-refractivity contribution in [2.45, 2.75) is 0 Å². The molecule has 0 amide bonds. The van der Waals surface area contributed by atoms with Crippen LogP contribution in [-0.4, -0.2) is 9.38 Å². The van der Waals surface area contributed by atoms with Gasteiger partial charge in [-0.2, -0.15) is 0 Å². The van der Waals surface area contributed by atoms with Gasteiger partial charge in [-0.1, -0.05) is 0 Å². The van der Waals surface area contributed by atoms with Crippen LogP contribution in [0.15, 0.2) is 0 Å².